The number of rotatable bonds is 2. The Bertz CT molecular complexity index is 274. The predicted molar refractivity (Wildman–Crippen MR) is 57.0 cm³/mol. The summed E-state index contributed by atoms with van der Waals surface area (Å²) in [4.78, 5) is 11.6. The van der Waals surface area contributed by atoms with Crippen molar-refractivity contribution in [3.63, 3.8) is 0 Å². The molecule has 0 saturated carbocycles. The molecule has 0 spiro atoms. The third kappa shape index (κ3) is 1.90. The fourth-order valence-electron chi connectivity index (χ4n) is 2.38. The number of carbonyl (C=O) groups is 1. The van der Waals surface area contributed by atoms with Crippen molar-refractivity contribution in [1.82, 2.24) is 0 Å². The third-order valence-electron chi connectivity index (χ3n) is 3.15. The highest BCUT2D eigenvalue weighted by atomic mass is 16.3. The van der Waals surface area contributed by atoms with Crippen molar-refractivity contribution in [2.45, 2.75) is 53.1 Å². The summed E-state index contributed by atoms with van der Waals surface area (Å²) in [5.41, 5.74) is 2.00. The van der Waals surface area contributed by atoms with Gasteiger partial charge in [0.1, 0.15) is 6.10 Å². The van der Waals surface area contributed by atoms with Gasteiger partial charge >= 0.3 is 0 Å². The van der Waals surface area contributed by atoms with Crippen LogP contribution in [0.1, 0.15) is 47.0 Å². The number of aliphatic hydroxyl groups is 1. The van der Waals surface area contributed by atoms with Crippen molar-refractivity contribution in [1.29, 1.82) is 0 Å². The molecule has 0 aromatic rings. The lowest BCUT2D eigenvalue weighted by Gasteiger charge is -2.36. The summed E-state index contributed by atoms with van der Waals surface area (Å²) in [5, 5.41) is 9.59. The van der Waals surface area contributed by atoms with Gasteiger partial charge in [-0.25, -0.2) is 0 Å². The lowest BCUT2D eigenvalue weighted by atomic mass is 9.70. The molecule has 0 amide bonds. The molecule has 0 saturated heterocycles. The minimum atomic E-state index is -0.786. The molecular weight excluding hydrogens is 176 g/mol. The van der Waals surface area contributed by atoms with E-state index in [1.165, 1.54) is 5.57 Å². The molecule has 1 atom stereocenters. The summed E-state index contributed by atoms with van der Waals surface area (Å²) in [6.07, 6.45) is 1.81. The van der Waals surface area contributed by atoms with Gasteiger partial charge in [0.05, 0.1) is 0 Å². The fraction of sp³-hybridized carbons (Fsp3) is 0.750. The number of ketones is 1. The number of hydrogen-bond donors (Lipinski definition) is 1. The van der Waals surface area contributed by atoms with Crippen LogP contribution in [0, 0.1) is 5.41 Å². The van der Waals surface area contributed by atoms with Crippen molar-refractivity contribution < 1.29 is 9.90 Å². The van der Waals surface area contributed by atoms with Crippen LogP contribution in [-0.2, 0) is 4.79 Å². The molecule has 0 aromatic heterocycles. The summed E-state index contributed by atoms with van der Waals surface area (Å²) in [7, 11) is 0. The van der Waals surface area contributed by atoms with Crippen molar-refractivity contribution >= 4 is 5.78 Å². The minimum Gasteiger partial charge on any atom is -0.385 e. The molecule has 0 heterocycles. The molecule has 2 heteroatoms. The van der Waals surface area contributed by atoms with Gasteiger partial charge in [-0.15, -0.1) is 0 Å². The first-order chi connectivity index (χ1) is 6.40. The van der Waals surface area contributed by atoms with Gasteiger partial charge in [0.15, 0.2) is 5.78 Å². The third-order valence-corrected chi connectivity index (χ3v) is 3.15. The molecule has 80 valence electrons. The molecule has 0 aromatic carbocycles. The second-order valence-corrected chi connectivity index (χ2v) is 4.82. The van der Waals surface area contributed by atoms with Crippen molar-refractivity contribution in [2.75, 3.05) is 0 Å². The molecule has 0 fully saturated rings. The van der Waals surface area contributed by atoms with E-state index in [1.807, 2.05) is 6.92 Å². The van der Waals surface area contributed by atoms with Gasteiger partial charge in [-0.3, -0.25) is 4.79 Å². The average Bonchev–Trinajstić information content (AvgIpc) is 2.08. The highest BCUT2D eigenvalue weighted by molar-refractivity contribution is 6.00. The van der Waals surface area contributed by atoms with Crippen LogP contribution in [0.15, 0.2) is 11.1 Å². The first-order valence-corrected chi connectivity index (χ1v) is 5.32. The Morgan fingerprint density at radius 2 is 2.07 bits per heavy atom. The molecule has 0 bridgehead atoms. The van der Waals surface area contributed by atoms with Crippen molar-refractivity contribution in [2.24, 2.45) is 5.41 Å². The maximum absolute atomic E-state index is 11.6. The molecule has 1 unspecified atom stereocenters. The molecular formula is C12H20O2. The summed E-state index contributed by atoms with van der Waals surface area (Å²) in [5.74, 6) is -0.0761. The number of hydrogen-bond acceptors (Lipinski definition) is 2. The first-order valence-electron chi connectivity index (χ1n) is 5.32. The van der Waals surface area contributed by atoms with Crippen LogP contribution in [0.5, 0.6) is 0 Å². The Morgan fingerprint density at radius 3 is 2.57 bits per heavy atom. The Labute approximate surface area is 86.0 Å². The normalized spacial score (nSPS) is 26.9. The van der Waals surface area contributed by atoms with Crippen LogP contribution < -0.4 is 0 Å². The van der Waals surface area contributed by atoms with E-state index in [1.54, 1.807) is 0 Å². The smallest absolute Gasteiger partial charge is 0.186 e. The Morgan fingerprint density at radius 1 is 1.50 bits per heavy atom. The van der Waals surface area contributed by atoms with E-state index in [0.717, 1.165) is 18.4 Å². The fourth-order valence-corrected chi connectivity index (χ4v) is 2.38. The molecule has 1 rings (SSSR count). The minimum absolute atomic E-state index is 0.0204. The van der Waals surface area contributed by atoms with Gasteiger partial charge in [0, 0.05) is 0 Å². The highest BCUT2D eigenvalue weighted by Crippen LogP contribution is 2.40. The van der Waals surface area contributed by atoms with E-state index in [4.69, 9.17) is 0 Å². The van der Waals surface area contributed by atoms with E-state index in [0.29, 0.717) is 6.42 Å². The lowest BCUT2D eigenvalue weighted by molar-refractivity contribution is -0.125. The SMILES string of the molecule is CCCC1=C(C)C(=O)C(O)CC1(C)C. The molecule has 1 aliphatic carbocycles. The second kappa shape index (κ2) is 3.85. The Balaban J connectivity index is 3.10. The van der Waals surface area contributed by atoms with Crippen molar-refractivity contribution in [3.05, 3.63) is 11.1 Å². The van der Waals surface area contributed by atoms with E-state index in [9.17, 15) is 9.90 Å². The molecule has 1 aliphatic rings. The largest absolute Gasteiger partial charge is 0.385 e. The predicted octanol–water partition coefficient (Wildman–Crippen LogP) is 2.46. The second-order valence-electron chi connectivity index (χ2n) is 4.82. The molecule has 0 radical (unpaired) electrons. The van der Waals surface area contributed by atoms with Gasteiger partial charge < -0.3 is 5.11 Å². The summed E-state index contributed by atoms with van der Waals surface area (Å²) in [6, 6.07) is 0. The Hall–Kier alpha value is -0.630. The van der Waals surface area contributed by atoms with Crippen LogP contribution in [0.25, 0.3) is 0 Å². The van der Waals surface area contributed by atoms with Gasteiger partial charge in [-0.05, 0) is 30.8 Å². The van der Waals surface area contributed by atoms with Crippen LogP contribution in [-0.4, -0.2) is 17.0 Å². The zero-order valence-electron chi connectivity index (χ0n) is 9.55. The van der Waals surface area contributed by atoms with Crippen LogP contribution in [0.2, 0.25) is 0 Å². The molecule has 2 nitrogen and oxygen atoms in total. The topological polar surface area (TPSA) is 37.3 Å². The zero-order valence-corrected chi connectivity index (χ0v) is 9.55. The maximum atomic E-state index is 11.6. The molecule has 14 heavy (non-hydrogen) atoms. The van der Waals surface area contributed by atoms with Gasteiger partial charge in [-0.1, -0.05) is 32.8 Å². The van der Waals surface area contributed by atoms with Crippen LogP contribution in [0.4, 0.5) is 0 Å². The summed E-state index contributed by atoms with van der Waals surface area (Å²) >= 11 is 0. The number of aliphatic hydroxyl groups excluding tert-OH is 1. The van der Waals surface area contributed by atoms with E-state index >= 15 is 0 Å². The molecule has 0 aliphatic heterocycles. The summed E-state index contributed by atoms with van der Waals surface area (Å²) < 4.78 is 0. The molecule has 1 N–H and O–H groups in total. The number of Topliss-reactive ketones (excluding diaryl/α,β-unsaturated/α-hetero) is 1. The quantitative estimate of drug-likeness (QED) is 0.736. The zero-order chi connectivity index (χ0) is 10.9. The average molecular weight is 196 g/mol. The first kappa shape index (κ1) is 11.4. The van der Waals surface area contributed by atoms with E-state index in [2.05, 4.69) is 20.8 Å². The Kier molecular flexibility index (Phi) is 3.15. The highest BCUT2D eigenvalue weighted by Gasteiger charge is 2.36. The lowest BCUT2D eigenvalue weighted by Crippen LogP contribution is -2.36. The maximum Gasteiger partial charge on any atom is 0.186 e. The summed E-state index contributed by atoms with van der Waals surface area (Å²) in [6.45, 7) is 8.18. The van der Waals surface area contributed by atoms with Gasteiger partial charge in [0.25, 0.3) is 0 Å². The van der Waals surface area contributed by atoms with Gasteiger partial charge in [0.2, 0.25) is 0 Å². The number of carbonyl (C=O) groups excluding carboxylic acids is 1. The van der Waals surface area contributed by atoms with Crippen molar-refractivity contribution in [3.8, 4) is 0 Å². The van der Waals surface area contributed by atoms with E-state index < -0.39 is 6.10 Å². The number of allylic oxidation sites excluding steroid dienone is 1. The van der Waals surface area contributed by atoms with Gasteiger partial charge in [-0.2, -0.15) is 0 Å². The van der Waals surface area contributed by atoms with E-state index in [-0.39, 0.29) is 11.2 Å². The van der Waals surface area contributed by atoms with Crippen LogP contribution in [0.3, 0.4) is 0 Å². The monoisotopic (exact) mass is 196 g/mol. The standard InChI is InChI=1S/C12H20O2/c1-5-6-9-8(2)11(14)10(13)7-12(9,3)4/h10,13H,5-7H2,1-4H3. The van der Waals surface area contributed by atoms with Crippen LogP contribution >= 0.6 is 0 Å².